The molecule has 1 aliphatic rings. The Kier molecular flexibility index (Phi) is 7.87. The van der Waals surface area contributed by atoms with E-state index in [0.29, 0.717) is 30.4 Å². The van der Waals surface area contributed by atoms with E-state index in [4.69, 9.17) is 4.99 Å². The fourth-order valence-electron chi connectivity index (χ4n) is 3.63. The van der Waals surface area contributed by atoms with Crippen LogP contribution in [0.25, 0.3) is 0 Å². The molecular weight excluding hydrogens is 396 g/mol. The van der Waals surface area contributed by atoms with Gasteiger partial charge in [0.2, 0.25) is 10.0 Å². The molecule has 0 bridgehead atoms. The smallest absolute Gasteiger partial charge is 0.243 e. The van der Waals surface area contributed by atoms with E-state index >= 15 is 0 Å². The molecule has 0 radical (unpaired) electrons. The average molecular weight is 429 g/mol. The zero-order chi connectivity index (χ0) is 21.4. The Hall–Kier alpha value is -2.38. The highest BCUT2D eigenvalue weighted by atomic mass is 32.2. The maximum absolute atomic E-state index is 12.8. The second kappa shape index (κ2) is 10.6. The standard InChI is InChI=1S/C23H32N4O2S/c1-3-24-23(26-18-21-10-8-7-9-19(21)2)25-17-20-13-15-27(16-14-20)30(28,29)22-11-5-4-6-12-22/h4-12,20H,3,13-18H2,1-2H3,(H2,24,25,26). The molecule has 1 aliphatic heterocycles. The second-order valence-corrected chi connectivity index (χ2v) is 9.60. The SMILES string of the molecule is CCNC(=NCc1ccccc1C)NCC1CCN(S(=O)(=O)c2ccccc2)CC1. The molecule has 1 saturated heterocycles. The molecular formula is C23H32N4O2S. The van der Waals surface area contributed by atoms with Crippen LogP contribution in [0.5, 0.6) is 0 Å². The number of benzene rings is 2. The van der Waals surface area contributed by atoms with Gasteiger partial charge in [-0.2, -0.15) is 4.31 Å². The number of hydrogen-bond donors (Lipinski definition) is 2. The summed E-state index contributed by atoms with van der Waals surface area (Å²) in [6.45, 7) is 7.49. The Morgan fingerprint density at radius 3 is 2.37 bits per heavy atom. The van der Waals surface area contributed by atoms with Gasteiger partial charge < -0.3 is 10.6 Å². The van der Waals surface area contributed by atoms with Crippen molar-refractivity contribution in [3.63, 3.8) is 0 Å². The first kappa shape index (κ1) is 22.3. The fourth-order valence-corrected chi connectivity index (χ4v) is 5.12. The van der Waals surface area contributed by atoms with Crippen LogP contribution in [-0.2, 0) is 16.6 Å². The van der Waals surface area contributed by atoms with E-state index in [1.807, 2.05) is 18.2 Å². The lowest BCUT2D eigenvalue weighted by atomic mass is 9.98. The summed E-state index contributed by atoms with van der Waals surface area (Å²) in [5.41, 5.74) is 2.46. The third-order valence-electron chi connectivity index (χ3n) is 5.53. The largest absolute Gasteiger partial charge is 0.357 e. The van der Waals surface area contributed by atoms with Crippen LogP contribution in [0.4, 0.5) is 0 Å². The highest BCUT2D eigenvalue weighted by Gasteiger charge is 2.29. The predicted molar refractivity (Wildman–Crippen MR) is 122 cm³/mol. The van der Waals surface area contributed by atoms with Crippen LogP contribution < -0.4 is 10.6 Å². The van der Waals surface area contributed by atoms with Gasteiger partial charge >= 0.3 is 0 Å². The maximum atomic E-state index is 12.8. The molecule has 2 aromatic carbocycles. The van der Waals surface area contributed by atoms with Crippen molar-refractivity contribution in [2.24, 2.45) is 10.9 Å². The summed E-state index contributed by atoms with van der Waals surface area (Å²) < 4.78 is 27.2. The molecule has 3 rings (SSSR count). The molecule has 2 aromatic rings. The topological polar surface area (TPSA) is 73.8 Å². The minimum Gasteiger partial charge on any atom is -0.357 e. The molecule has 6 nitrogen and oxygen atoms in total. The van der Waals surface area contributed by atoms with E-state index in [9.17, 15) is 8.42 Å². The Morgan fingerprint density at radius 2 is 1.70 bits per heavy atom. The number of guanidine groups is 1. The molecule has 0 atom stereocenters. The second-order valence-electron chi connectivity index (χ2n) is 7.66. The zero-order valence-corrected chi connectivity index (χ0v) is 18.7. The van der Waals surface area contributed by atoms with E-state index in [2.05, 4.69) is 36.6 Å². The van der Waals surface area contributed by atoms with Gasteiger partial charge in [0.05, 0.1) is 11.4 Å². The lowest BCUT2D eigenvalue weighted by molar-refractivity contribution is 0.273. The number of nitrogens with one attached hydrogen (secondary N) is 2. The number of rotatable bonds is 7. The summed E-state index contributed by atoms with van der Waals surface area (Å²) in [6.07, 6.45) is 1.69. The zero-order valence-electron chi connectivity index (χ0n) is 17.8. The van der Waals surface area contributed by atoms with Crippen LogP contribution in [0.3, 0.4) is 0 Å². The van der Waals surface area contributed by atoms with Crippen molar-refractivity contribution in [3.8, 4) is 0 Å². The highest BCUT2D eigenvalue weighted by molar-refractivity contribution is 7.89. The molecule has 1 heterocycles. The lowest BCUT2D eigenvalue weighted by Crippen LogP contribution is -2.44. The van der Waals surface area contributed by atoms with Crippen LogP contribution in [0.1, 0.15) is 30.9 Å². The van der Waals surface area contributed by atoms with E-state index in [0.717, 1.165) is 31.9 Å². The first-order chi connectivity index (χ1) is 14.5. The molecule has 0 spiro atoms. The normalized spacial score (nSPS) is 16.4. The first-order valence-corrected chi connectivity index (χ1v) is 12.1. The Morgan fingerprint density at radius 1 is 1.03 bits per heavy atom. The monoisotopic (exact) mass is 428 g/mol. The van der Waals surface area contributed by atoms with Crippen molar-refractivity contribution in [2.75, 3.05) is 26.2 Å². The van der Waals surface area contributed by atoms with Gasteiger partial charge in [-0.1, -0.05) is 42.5 Å². The molecule has 1 fully saturated rings. The summed E-state index contributed by atoms with van der Waals surface area (Å²) in [5.74, 6) is 1.23. The summed E-state index contributed by atoms with van der Waals surface area (Å²) in [6, 6.07) is 17.0. The minimum absolute atomic E-state index is 0.374. The molecule has 162 valence electrons. The van der Waals surface area contributed by atoms with Crippen molar-refractivity contribution in [1.82, 2.24) is 14.9 Å². The minimum atomic E-state index is -3.39. The summed E-state index contributed by atoms with van der Waals surface area (Å²) >= 11 is 0. The average Bonchev–Trinajstić information content (AvgIpc) is 2.77. The Bertz CT molecular complexity index is 937. The van der Waals surface area contributed by atoms with E-state index < -0.39 is 10.0 Å². The van der Waals surface area contributed by atoms with E-state index in [-0.39, 0.29) is 0 Å². The third-order valence-corrected chi connectivity index (χ3v) is 7.44. The van der Waals surface area contributed by atoms with Crippen molar-refractivity contribution in [1.29, 1.82) is 0 Å². The number of sulfonamides is 1. The van der Waals surface area contributed by atoms with E-state index in [1.54, 1.807) is 28.6 Å². The molecule has 0 saturated carbocycles. The van der Waals surface area contributed by atoms with Gasteiger partial charge in [0.25, 0.3) is 0 Å². The van der Waals surface area contributed by atoms with Gasteiger partial charge in [-0.05, 0) is 55.9 Å². The molecule has 0 unspecified atom stereocenters. The first-order valence-electron chi connectivity index (χ1n) is 10.6. The molecule has 30 heavy (non-hydrogen) atoms. The quantitative estimate of drug-likeness (QED) is 0.525. The lowest BCUT2D eigenvalue weighted by Gasteiger charge is -2.31. The van der Waals surface area contributed by atoms with Gasteiger partial charge in [0.1, 0.15) is 0 Å². The number of nitrogens with zero attached hydrogens (tertiary/aromatic N) is 2. The molecule has 0 aromatic heterocycles. The van der Waals surface area contributed by atoms with Crippen molar-refractivity contribution < 1.29 is 8.42 Å². The number of aryl methyl sites for hydroxylation is 1. The van der Waals surface area contributed by atoms with Crippen molar-refractivity contribution in [3.05, 3.63) is 65.7 Å². The van der Waals surface area contributed by atoms with Gasteiger partial charge in [0.15, 0.2) is 5.96 Å². The van der Waals surface area contributed by atoms with Gasteiger partial charge in [0, 0.05) is 26.2 Å². The van der Waals surface area contributed by atoms with Gasteiger partial charge in [-0.25, -0.2) is 13.4 Å². The van der Waals surface area contributed by atoms with Crippen LogP contribution in [0, 0.1) is 12.8 Å². The highest BCUT2D eigenvalue weighted by Crippen LogP contribution is 2.23. The van der Waals surface area contributed by atoms with E-state index in [1.165, 1.54) is 11.1 Å². The van der Waals surface area contributed by atoms with Crippen LogP contribution in [0.15, 0.2) is 64.5 Å². The summed E-state index contributed by atoms with van der Waals surface area (Å²) in [7, 11) is -3.39. The van der Waals surface area contributed by atoms with Gasteiger partial charge in [-0.3, -0.25) is 0 Å². The molecule has 7 heteroatoms. The number of piperidine rings is 1. The maximum Gasteiger partial charge on any atom is 0.243 e. The van der Waals surface area contributed by atoms with Crippen LogP contribution in [0.2, 0.25) is 0 Å². The molecule has 0 aliphatic carbocycles. The fraction of sp³-hybridized carbons (Fsp3) is 0.435. The Balaban J connectivity index is 1.52. The summed E-state index contributed by atoms with van der Waals surface area (Å²) in [5, 5.41) is 6.74. The third kappa shape index (κ3) is 5.83. The number of aliphatic imine (C=N–C) groups is 1. The number of hydrogen-bond acceptors (Lipinski definition) is 3. The van der Waals surface area contributed by atoms with Crippen molar-refractivity contribution in [2.45, 2.75) is 38.1 Å². The predicted octanol–water partition coefficient (Wildman–Crippen LogP) is 3.15. The summed E-state index contributed by atoms with van der Waals surface area (Å²) in [4.78, 5) is 5.09. The van der Waals surface area contributed by atoms with Gasteiger partial charge in [-0.15, -0.1) is 0 Å². The molecule has 2 N–H and O–H groups in total. The Labute approximate surface area is 180 Å². The van der Waals surface area contributed by atoms with Crippen LogP contribution in [-0.4, -0.2) is 44.9 Å². The van der Waals surface area contributed by atoms with Crippen LogP contribution >= 0.6 is 0 Å². The molecule has 0 amide bonds. The van der Waals surface area contributed by atoms with Crippen molar-refractivity contribution >= 4 is 16.0 Å².